The molecule has 6 heteroatoms. The van der Waals surface area contributed by atoms with Crippen LogP contribution in [0, 0.1) is 22.2 Å². The van der Waals surface area contributed by atoms with Gasteiger partial charge in [-0.2, -0.15) is 0 Å². The van der Waals surface area contributed by atoms with Gasteiger partial charge in [-0.15, -0.1) is 0 Å². The number of ketones is 3. The molecule has 3 N–H and O–H groups in total. The lowest BCUT2D eigenvalue weighted by Crippen LogP contribution is -2.69. The van der Waals surface area contributed by atoms with Gasteiger partial charge in [-0.05, 0) is 136 Å². The van der Waals surface area contributed by atoms with Gasteiger partial charge >= 0.3 is 0 Å². The van der Waals surface area contributed by atoms with E-state index in [1.165, 1.54) is 28.9 Å². The third kappa shape index (κ3) is 8.11. The smallest absolute Gasteiger partial charge is 0.184 e. The van der Waals surface area contributed by atoms with E-state index in [0.717, 1.165) is 42.9 Å². The van der Waals surface area contributed by atoms with Gasteiger partial charge in [0.05, 0.1) is 5.41 Å². The number of carbonyl (C=O) groups excluding carboxylic acids is 3. The van der Waals surface area contributed by atoms with Crippen molar-refractivity contribution in [3.63, 3.8) is 0 Å². The Morgan fingerprint density at radius 1 is 0.735 bits per heavy atom. The first-order chi connectivity index (χ1) is 22.8. The van der Waals surface area contributed by atoms with Gasteiger partial charge in [-0.3, -0.25) is 14.4 Å². The van der Waals surface area contributed by atoms with Crippen molar-refractivity contribution < 1.29 is 29.7 Å². The number of Topliss-reactive ketones (excluding diaryl/α,β-unsaturated/α-hetero) is 3. The van der Waals surface area contributed by atoms with Crippen LogP contribution in [0.2, 0.25) is 0 Å². The quantitative estimate of drug-likeness (QED) is 0.0481. The van der Waals surface area contributed by atoms with Crippen LogP contribution in [0.3, 0.4) is 0 Å². The molecule has 0 heterocycles. The molecule has 3 atom stereocenters. The summed E-state index contributed by atoms with van der Waals surface area (Å²) in [7, 11) is 0. The molecule has 2 aliphatic carbocycles. The molecule has 6 nitrogen and oxygen atoms in total. The van der Waals surface area contributed by atoms with Crippen LogP contribution in [-0.2, 0) is 14.4 Å². The monoisotopic (exact) mass is 670 g/mol. The number of allylic oxidation sites excluding steroid dienone is 11. The van der Waals surface area contributed by atoms with E-state index < -0.39 is 50.6 Å². The van der Waals surface area contributed by atoms with Crippen LogP contribution in [0.4, 0.5) is 0 Å². The minimum atomic E-state index is -1.61. The molecule has 2 aliphatic rings. The Morgan fingerprint density at radius 3 is 1.82 bits per heavy atom. The van der Waals surface area contributed by atoms with E-state index in [1.807, 2.05) is 46.8 Å². The Labute approximate surface area is 294 Å². The molecule has 3 rings (SSSR count). The maximum Gasteiger partial charge on any atom is 0.184 e. The Kier molecular flexibility index (Phi) is 12.7. The van der Waals surface area contributed by atoms with E-state index in [1.54, 1.807) is 0 Å². The van der Waals surface area contributed by atoms with E-state index in [0.29, 0.717) is 6.42 Å². The predicted octanol–water partition coefficient (Wildman–Crippen LogP) is 10.6. The highest BCUT2D eigenvalue weighted by Crippen LogP contribution is 2.65. The van der Waals surface area contributed by atoms with Gasteiger partial charge in [0, 0.05) is 5.56 Å². The number of benzene rings is 1. The van der Waals surface area contributed by atoms with Gasteiger partial charge in [-0.25, -0.2) is 0 Å². The molecule has 0 aliphatic heterocycles. The standard InChI is InChI=1S/C43H58O6/c1-27(2)13-11-15-30(7)17-19-33-26-42(23-22-31(8)16-12-14-28(3)4)38(47)36(37(46)32-18-20-34(44)35(45)25-32)39(48)43(40(42)49,41(33,9)10)24-21-29(5)6/h13-14,17-18,20-22,25,33,44-46H,11-12,15-16,19,23-24,26H2,1-10H3/b30-17+,31-22+,37-36+/t33-,42-,43+/m1/s1. The first-order valence-corrected chi connectivity index (χ1v) is 17.6. The van der Waals surface area contributed by atoms with Crippen molar-refractivity contribution in [3.05, 3.63) is 87.6 Å². The number of hydrogen-bond donors (Lipinski definition) is 3. The number of aromatic hydroxyl groups is 2. The van der Waals surface area contributed by atoms with Crippen molar-refractivity contribution in [2.75, 3.05) is 0 Å². The zero-order valence-electron chi connectivity index (χ0n) is 31.4. The summed E-state index contributed by atoms with van der Waals surface area (Å²) in [6.45, 7) is 20.2. The predicted molar refractivity (Wildman–Crippen MR) is 199 cm³/mol. The van der Waals surface area contributed by atoms with Gasteiger partial charge < -0.3 is 15.3 Å². The molecule has 1 aromatic carbocycles. The Balaban J connectivity index is 2.32. The molecule has 49 heavy (non-hydrogen) atoms. The number of phenols is 2. The summed E-state index contributed by atoms with van der Waals surface area (Å²) in [4.78, 5) is 45.1. The first kappa shape index (κ1) is 39.5. The van der Waals surface area contributed by atoms with Crippen molar-refractivity contribution >= 4 is 23.1 Å². The number of aliphatic hydroxyl groups is 1. The minimum Gasteiger partial charge on any atom is -0.506 e. The molecule has 0 unspecified atom stereocenters. The fraction of sp³-hybridized carbons (Fsp3) is 0.512. The molecule has 1 aromatic rings. The third-order valence-electron chi connectivity index (χ3n) is 10.8. The fourth-order valence-corrected chi connectivity index (χ4v) is 7.52. The van der Waals surface area contributed by atoms with Crippen molar-refractivity contribution in [1.82, 2.24) is 0 Å². The third-order valence-corrected chi connectivity index (χ3v) is 10.8. The summed E-state index contributed by atoms with van der Waals surface area (Å²) >= 11 is 0. The number of fused-ring (bicyclic) bond motifs is 2. The second kappa shape index (κ2) is 15.7. The van der Waals surface area contributed by atoms with Crippen molar-refractivity contribution in [2.45, 2.75) is 121 Å². The average Bonchev–Trinajstić information content (AvgIpc) is 3.00. The lowest BCUT2D eigenvalue weighted by molar-refractivity contribution is -0.176. The number of phenolic OH excluding ortho intramolecular Hbond substituents is 2. The minimum absolute atomic E-state index is 0.0182. The van der Waals surface area contributed by atoms with E-state index in [2.05, 4.69) is 52.8 Å². The summed E-state index contributed by atoms with van der Waals surface area (Å²) < 4.78 is 0. The van der Waals surface area contributed by atoms with Crippen molar-refractivity contribution in [3.8, 4) is 11.5 Å². The highest BCUT2D eigenvalue weighted by Gasteiger charge is 2.73. The van der Waals surface area contributed by atoms with Crippen LogP contribution in [0.25, 0.3) is 5.76 Å². The van der Waals surface area contributed by atoms with Crippen LogP contribution in [0.15, 0.2) is 82.0 Å². The summed E-state index contributed by atoms with van der Waals surface area (Å²) in [5.74, 6) is -3.36. The van der Waals surface area contributed by atoms with E-state index in [4.69, 9.17) is 0 Å². The zero-order valence-corrected chi connectivity index (χ0v) is 31.4. The molecule has 0 radical (unpaired) electrons. The largest absolute Gasteiger partial charge is 0.506 e. The van der Waals surface area contributed by atoms with Crippen molar-refractivity contribution in [1.29, 1.82) is 0 Å². The topological polar surface area (TPSA) is 112 Å². The summed E-state index contributed by atoms with van der Waals surface area (Å²) in [6.07, 6.45) is 15.0. The van der Waals surface area contributed by atoms with E-state index in [9.17, 15) is 20.1 Å². The van der Waals surface area contributed by atoms with Crippen LogP contribution in [0.1, 0.15) is 126 Å². The molecule has 2 bridgehead atoms. The number of rotatable bonds is 13. The van der Waals surface area contributed by atoms with Gasteiger partial charge in [-0.1, -0.05) is 72.1 Å². The Morgan fingerprint density at radius 2 is 1.29 bits per heavy atom. The summed E-state index contributed by atoms with van der Waals surface area (Å²) in [6, 6.07) is 3.68. The van der Waals surface area contributed by atoms with Crippen LogP contribution < -0.4 is 0 Å². The highest BCUT2D eigenvalue weighted by atomic mass is 16.3. The lowest BCUT2D eigenvalue weighted by atomic mass is 9.38. The normalized spacial score (nSPS) is 24.8. The zero-order chi connectivity index (χ0) is 36.9. The molecule has 0 saturated heterocycles. The van der Waals surface area contributed by atoms with E-state index >= 15 is 9.59 Å². The maximum atomic E-state index is 15.2. The van der Waals surface area contributed by atoms with Crippen molar-refractivity contribution in [2.24, 2.45) is 22.2 Å². The fourth-order valence-electron chi connectivity index (χ4n) is 7.52. The second-order valence-electron chi connectivity index (χ2n) is 15.7. The SMILES string of the molecule is CC(C)=CCC/C(C)=C/C[C@@H]1C[C@]2(C/C=C(\C)CCC=C(C)C)C(=O)/C(=C(\O)c3ccc(O)c(O)c3)C(=O)[C@@](CC=C(C)C)(C2=O)C1(C)C. The molecule has 0 spiro atoms. The molecule has 0 aromatic heterocycles. The molecule has 0 amide bonds. The summed E-state index contributed by atoms with van der Waals surface area (Å²) in [5, 5.41) is 31.9. The van der Waals surface area contributed by atoms with Crippen LogP contribution >= 0.6 is 0 Å². The molecule has 266 valence electrons. The molecular weight excluding hydrogens is 612 g/mol. The molecule has 2 saturated carbocycles. The number of hydrogen-bond acceptors (Lipinski definition) is 6. The van der Waals surface area contributed by atoms with Gasteiger partial charge in [0.25, 0.3) is 0 Å². The van der Waals surface area contributed by atoms with Gasteiger partial charge in [0.15, 0.2) is 28.8 Å². The maximum absolute atomic E-state index is 15.2. The number of carbonyl (C=O) groups is 3. The molecular formula is C43H58O6. The molecule has 2 fully saturated rings. The Hall–Kier alpha value is -3.93. The number of aliphatic hydroxyl groups excluding tert-OH is 1. The van der Waals surface area contributed by atoms with E-state index in [-0.39, 0.29) is 36.5 Å². The van der Waals surface area contributed by atoms with Crippen LogP contribution in [-0.4, -0.2) is 32.7 Å². The van der Waals surface area contributed by atoms with Gasteiger partial charge in [0.2, 0.25) is 0 Å². The second-order valence-corrected chi connectivity index (χ2v) is 15.7. The van der Waals surface area contributed by atoms with Gasteiger partial charge in [0.1, 0.15) is 16.7 Å². The van der Waals surface area contributed by atoms with Crippen LogP contribution in [0.5, 0.6) is 11.5 Å². The Bertz CT molecular complexity index is 1650. The average molecular weight is 671 g/mol. The highest BCUT2D eigenvalue weighted by molar-refractivity contribution is 6.41. The summed E-state index contributed by atoms with van der Waals surface area (Å²) in [5.41, 5.74) is 1.27. The lowest BCUT2D eigenvalue weighted by Gasteiger charge is -2.60. The first-order valence-electron chi connectivity index (χ1n) is 17.6.